The van der Waals surface area contributed by atoms with Crippen molar-refractivity contribution in [1.29, 1.82) is 0 Å². The van der Waals surface area contributed by atoms with Crippen molar-refractivity contribution in [3.05, 3.63) is 35.4 Å². The Bertz CT molecular complexity index is 513. The Labute approximate surface area is 102 Å². The Hall–Kier alpha value is -1.78. The summed E-state index contributed by atoms with van der Waals surface area (Å²) in [4.78, 5) is 23.4. The Morgan fingerprint density at radius 2 is 2.06 bits per heavy atom. The monoisotopic (exact) mass is 254 g/mol. The highest BCUT2D eigenvalue weighted by Gasteiger charge is 2.64. The van der Waals surface area contributed by atoms with Gasteiger partial charge in [-0.3, -0.25) is 9.59 Å². The van der Waals surface area contributed by atoms with Crippen molar-refractivity contribution in [3.8, 4) is 0 Å². The largest absolute Gasteiger partial charge is 0.480 e. The van der Waals surface area contributed by atoms with Crippen LogP contribution in [0.1, 0.15) is 35.2 Å². The van der Waals surface area contributed by atoms with Gasteiger partial charge in [0.05, 0.1) is 0 Å². The van der Waals surface area contributed by atoms with Gasteiger partial charge in [-0.1, -0.05) is 31.2 Å². The van der Waals surface area contributed by atoms with Crippen molar-refractivity contribution in [2.45, 2.75) is 25.7 Å². The highest BCUT2D eigenvalue weighted by atomic mass is 19.3. The minimum absolute atomic E-state index is 0.104. The Morgan fingerprint density at radius 3 is 2.56 bits per heavy atom. The molecule has 96 valence electrons. The van der Waals surface area contributed by atoms with Gasteiger partial charge in [-0.2, -0.15) is 0 Å². The number of hydrogen-bond acceptors (Lipinski definition) is 2. The zero-order valence-electron chi connectivity index (χ0n) is 9.69. The molecular weight excluding hydrogens is 242 g/mol. The van der Waals surface area contributed by atoms with Crippen LogP contribution in [0.15, 0.2) is 24.3 Å². The predicted molar refractivity (Wildman–Crippen MR) is 59.9 cm³/mol. The number of fused-ring (bicyclic) bond motifs is 1. The van der Waals surface area contributed by atoms with Gasteiger partial charge in [0.2, 0.25) is 0 Å². The first-order chi connectivity index (χ1) is 8.47. The topological polar surface area (TPSA) is 54.4 Å². The Morgan fingerprint density at radius 1 is 1.44 bits per heavy atom. The number of benzene rings is 1. The number of carbonyl (C=O) groups excluding carboxylic acids is 1. The van der Waals surface area contributed by atoms with E-state index in [0.717, 1.165) is 0 Å². The third-order valence-corrected chi connectivity index (χ3v) is 3.61. The summed E-state index contributed by atoms with van der Waals surface area (Å²) >= 11 is 0. The van der Waals surface area contributed by atoms with Crippen LogP contribution in [0, 0.1) is 5.41 Å². The molecular formula is C13H12F2O3. The molecule has 0 radical (unpaired) electrons. The maximum Gasteiger partial charge on any atom is 0.324 e. The normalized spacial score (nSPS) is 26.4. The second-order valence-electron chi connectivity index (χ2n) is 4.35. The summed E-state index contributed by atoms with van der Waals surface area (Å²) in [6, 6.07) is 6.13. The van der Waals surface area contributed by atoms with Crippen molar-refractivity contribution in [2.75, 3.05) is 0 Å². The molecule has 0 bridgehead atoms. The van der Waals surface area contributed by atoms with Gasteiger partial charge in [0.25, 0.3) is 6.43 Å². The van der Waals surface area contributed by atoms with Gasteiger partial charge < -0.3 is 5.11 Å². The number of carboxylic acids is 1. The summed E-state index contributed by atoms with van der Waals surface area (Å²) < 4.78 is 26.6. The number of halogens is 2. The van der Waals surface area contributed by atoms with Crippen molar-refractivity contribution >= 4 is 11.8 Å². The van der Waals surface area contributed by atoms with Crippen LogP contribution >= 0.6 is 0 Å². The van der Waals surface area contributed by atoms with E-state index in [1.165, 1.54) is 6.07 Å². The second kappa shape index (κ2) is 4.15. The molecule has 1 N–H and O–H groups in total. The standard InChI is InChI=1S/C13H12F2O3/c1-2-9-7-5-3-4-6-8(7)10(16)13(9,11(14)15)12(17)18/h3-6,9,11H,2H2,1H3,(H,17,18). The quantitative estimate of drug-likeness (QED) is 0.844. The summed E-state index contributed by atoms with van der Waals surface area (Å²) in [5, 5.41) is 9.18. The first-order valence-electron chi connectivity index (χ1n) is 5.63. The second-order valence-corrected chi connectivity index (χ2v) is 4.35. The number of aliphatic carboxylic acids is 1. The third-order valence-electron chi connectivity index (χ3n) is 3.61. The van der Waals surface area contributed by atoms with Crippen LogP contribution in [0.2, 0.25) is 0 Å². The van der Waals surface area contributed by atoms with E-state index in [0.29, 0.717) is 5.56 Å². The average molecular weight is 254 g/mol. The molecule has 3 nitrogen and oxygen atoms in total. The van der Waals surface area contributed by atoms with E-state index >= 15 is 0 Å². The first kappa shape index (κ1) is 12.7. The number of alkyl halides is 2. The van der Waals surface area contributed by atoms with Gasteiger partial charge >= 0.3 is 5.97 Å². The molecule has 1 aliphatic carbocycles. The van der Waals surface area contributed by atoms with E-state index in [1.54, 1.807) is 25.1 Å². The summed E-state index contributed by atoms with van der Waals surface area (Å²) in [6.45, 7) is 1.61. The lowest BCUT2D eigenvalue weighted by Crippen LogP contribution is -2.46. The molecule has 0 aromatic heterocycles. The molecule has 1 aromatic carbocycles. The van der Waals surface area contributed by atoms with Crippen LogP contribution in [0.3, 0.4) is 0 Å². The molecule has 1 aromatic rings. The van der Waals surface area contributed by atoms with Crippen LogP contribution in [-0.4, -0.2) is 23.3 Å². The van der Waals surface area contributed by atoms with Crippen LogP contribution < -0.4 is 0 Å². The maximum absolute atomic E-state index is 13.3. The molecule has 0 saturated carbocycles. The molecule has 18 heavy (non-hydrogen) atoms. The molecule has 0 amide bonds. The van der Waals surface area contributed by atoms with Gasteiger partial charge in [0.15, 0.2) is 11.2 Å². The average Bonchev–Trinajstić information content (AvgIpc) is 2.59. The van der Waals surface area contributed by atoms with E-state index < -0.39 is 29.5 Å². The zero-order chi connectivity index (χ0) is 13.5. The fourth-order valence-electron chi connectivity index (χ4n) is 2.77. The zero-order valence-corrected chi connectivity index (χ0v) is 9.69. The summed E-state index contributed by atoms with van der Waals surface area (Å²) in [5.74, 6) is -3.70. The van der Waals surface area contributed by atoms with Gasteiger partial charge in [-0.05, 0) is 12.0 Å². The molecule has 0 aliphatic heterocycles. The predicted octanol–water partition coefficient (Wildman–Crippen LogP) is 2.71. The molecule has 0 saturated heterocycles. The van der Waals surface area contributed by atoms with E-state index in [1.807, 2.05) is 0 Å². The van der Waals surface area contributed by atoms with E-state index in [-0.39, 0.29) is 12.0 Å². The van der Waals surface area contributed by atoms with Crippen molar-refractivity contribution < 1.29 is 23.5 Å². The SMILES string of the molecule is CCC1c2ccccc2C(=O)C1(C(=O)O)C(F)F. The Balaban J connectivity index is 2.71. The lowest BCUT2D eigenvalue weighted by atomic mass is 9.74. The molecule has 0 spiro atoms. The van der Waals surface area contributed by atoms with E-state index in [9.17, 15) is 23.5 Å². The molecule has 5 heteroatoms. The molecule has 2 unspecified atom stereocenters. The smallest absolute Gasteiger partial charge is 0.324 e. The van der Waals surface area contributed by atoms with Gasteiger partial charge in [0.1, 0.15) is 0 Å². The molecule has 2 rings (SSSR count). The number of rotatable bonds is 3. The van der Waals surface area contributed by atoms with Crippen LogP contribution in [0.5, 0.6) is 0 Å². The number of Topliss-reactive ketones (excluding diaryl/α,β-unsaturated/α-hetero) is 1. The fourth-order valence-corrected chi connectivity index (χ4v) is 2.77. The lowest BCUT2D eigenvalue weighted by Gasteiger charge is -2.28. The summed E-state index contributed by atoms with van der Waals surface area (Å²) in [7, 11) is 0. The molecule has 1 aliphatic rings. The first-order valence-corrected chi connectivity index (χ1v) is 5.63. The minimum atomic E-state index is -3.22. The van der Waals surface area contributed by atoms with Crippen molar-refractivity contribution in [1.82, 2.24) is 0 Å². The third kappa shape index (κ3) is 1.33. The highest BCUT2D eigenvalue weighted by Crippen LogP contribution is 2.52. The van der Waals surface area contributed by atoms with E-state index in [4.69, 9.17) is 0 Å². The lowest BCUT2D eigenvalue weighted by molar-refractivity contribution is -0.155. The van der Waals surface area contributed by atoms with Gasteiger partial charge in [-0.25, -0.2) is 8.78 Å². The Kier molecular flexibility index (Phi) is 2.92. The van der Waals surface area contributed by atoms with Crippen LogP contribution in [0.25, 0.3) is 0 Å². The minimum Gasteiger partial charge on any atom is -0.480 e. The number of carbonyl (C=O) groups is 2. The number of ketones is 1. The highest BCUT2D eigenvalue weighted by molar-refractivity contribution is 6.17. The van der Waals surface area contributed by atoms with E-state index in [2.05, 4.69) is 0 Å². The van der Waals surface area contributed by atoms with Crippen molar-refractivity contribution in [2.24, 2.45) is 5.41 Å². The molecule has 0 fully saturated rings. The molecule has 0 heterocycles. The van der Waals surface area contributed by atoms with Crippen LogP contribution in [-0.2, 0) is 4.79 Å². The number of carboxylic acid groups (broad SMARTS) is 1. The van der Waals surface area contributed by atoms with Crippen LogP contribution in [0.4, 0.5) is 8.78 Å². The molecule has 2 atom stereocenters. The van der Waals surface area contributed by atoms with Crippen molar-refractivity contribution in [3.63, 3.8) is 0 Å². The van der Waals surface area contributed by atoms with Gasteiger partial charge in [0, 0.05) is 11.5 Å². The van der Waals surface area contributed by atoms with Gasteiger partial charge in [-0.15, -0.1) is 0 Å². The summed E-state index contributed by atoms with van der Waals surface area (Å²) in [5.41, 5.74) is -2.11. The number of hydrogen-bond donors (Lipinski definition) is 1. The summed E-state index contributed by atoms with van der Waals surface area (Å²) in [6.07, 6.45) is -3.04. The maximum atomic E-state index is 13.3. The fraction of sp³-hybridized carbons (Fsp3) is 0.385.